The molecule has 0 atom stereocenters. The van der Waals surface area contributed by atoms with E-state index in [9.17, 15) is 9.90 Å². The topological polar surface area (TPSA) is 67.1 Å². The van der Waals surface area contributed by atoms with Gasteiger partial charge in [-0.15, -0.1) is 0 Å². The van der Waals surface area contributed by atoms with Gasteiger partial charge in [-0.1, -0.05) is 35.9 Å². The molecule has 0 saturated carbocycles. The van der Waals surface area contributed by atoms with Crippen molar-refractivity contribution >= 4 is 28.6 Å². The third-order valence-corrected chi connectivity index (χ3v) is 5.49. The molecule has 30 heavy (non-hydrogen) atoms. The molecule has 0 unspecified atom stereocenters. The van der Waals surface area contributed by atoms with Crippen LogP contribution in [0.5, 0.6) is 5.88 Å². The second kappa shape index (κ2) is 9.43. The van der Waals surface area contributed by atoms with Gasteiger partial charge in [-0.2, -0.15) is 0 Å². The molecule has 1 aliphatic heterocycles. The smallest absolute Gasteiger partial charge is 0.265 e. The Balaban J connectivity index is 1.64. The van der Waals surface area contributed by atoms with Gasteiger partial charge in [0.15, 0.2) is 0 Å². The van der Waals surface area contributed by atoms with Crippen LogP contribution in [0.3, 0.4) is 0 Å². The number of halogens is 1. The Morgan fingerprint density at radius 1 is 1.10 bits per heavy atom. The predicted molar refractivity (Wildman–Crippen MR) is 121 cm³/mol. The van der Waals surface area contributed by atoms with Gasteiger partial charge in [0.05, 0.1) is 24.5 Å². The number of benzene rings is 2. The molecule has 4 rings (SSSR count). The number of nitrogens with zero attached hydrogens (tertiary/aromatic N) is 3. The largest absolute Gasteiger partial charge is 0.494 e. The van der Waals surface area contributed by atoms with Crippen molar-refractivity contribution in [2.24, 2.45) is 4.99 Å². The van der Waals surface area contributed by atoms with Crippen molar-refractivity contribution in [3.05, 3.63) is 69.5 Å². The molecule has 0 bridgehead atoms. The molecule has 7 heteroatoms. The highest BCUT2D eigenvalue weighted by molar-refractivity contribution is 6.30. The lowest BCUT2D eigenvalue weighted by Gasteiger charge is -2.26. The Morgan fingerprint density at radius 3 is 2.63 bits per heavy atom. The minimum Gasteiger partial charge on any atom is -0.494 e. The molecule has 2 heterocycles. The van der Waals surface area contributed by atoms with E-state index in [1.807, 2.05) is 18.2 Å². The van der Waals surface area contributed by atoms with E-state index in [1.165, 1.54) is 4.57 Å². The van der Waals surface area contributed by atoms with Crippen molar-refractivity contribution < 1.29 is 9.84 Å². The fourth-order valence-electron chi connectivity index (χ4n) is 3.71. The summed E-state index contributed by atoms with van der Waals surface area (Å²) in [6.45, 7) is 5.10. The van der Waals surface area contributed by atoms with Crippen LogP contribution in [0.1, 0.15) is 12.0 Å². The van der Waals surface area contributed by atoms with Crippen molar-refractivity contribution in [3.8, 4) is 11.6 Å². The van der Waals surface area contributed by atoms with Gasteiger partial charge >= 0.3 is 0 Å². The van der Waals surface area contributed by atoms with Crippen LogP contribution in [0, 0.1) is 0 Å². The summed E-state index contributed by atoms with van der Waals surface area (Å²) in [4.78, 5) is 20.0. The molecule has 1 N–H and O–H groups in total. The zero-order valence-corrected chi connectivity index (χ0v) is 17.4. The molecule has 0 aliphatic carbocycles. The van der Waals surface area contributed by atoms with Crippen LogP contribution in [-0.2, 0) is 4.74 Å². The molecule has 1 saturated heterocycles. The third-order valence-electron chi connectivity index (χ3n) is 5.26. The average Bonchev–Trinajstić information content (AvgIpc) is 2.76. The highest BCUT2D eigenvalue weighted by atomic mass is 35.5. The summed E-state index contributed by atoms with van der Waals surface area (Å²) in [5.41, 5.74) is 0.740. The number of aromatic nitrogens is 1. The van der Waals surface area contributed by atoms with E-state index < -0.39 is 0 Å². The first kappa shape index (κ1) is 20.6. The van der Waals surface area contributed by atoms with Crippen molar-refractivity contribution in [1.82, 2.24) is 9.47 Å². The van der Waals surface area contributed by atoms with Gasteiger partial charge in [-0.25, -0.2) is 4.57 Å². The average molecular weight is 426 g/mol. The zero-order chi connectivity index (χ0) is 20.9. The normalized spacial score (nSPS) is 15.2. The fourth-order valence-corrected chi connectivity index (χ4v) is 3.89. The second-order valence-corrected chi connectivity index (χ2v) is 7.68. The molecule has 0 amide bonds. The van der Waals surface area contributed by atoms with Gasteiger partial charge in [0, 0.05) is 48.2 Å². The van der Waals surface area contributed by atoms with Crippen LogP contribution in [0.25, 0.3) is 16.5 Å². The molecule has 3 aromatic rings. The van der Waals surface area contributed by atoms with E-state index in [0.29, 0.717) is 33.6 Å². The number of hydrogen-bond acceptors (Lipinski definition) is 5. The molecule has 156 valence electrons. The van der Waals surface area contributed by atoms with Crippen LogP contribution in [-0.4, -0.2) is 60.2 Å². The Hall–Kier alpha value is -2.67. The molecular formula is C23H24ClN3O3. The van der Waals surface area contributed by atoms with Gasteiger partial charge in [-0.3, -0.25) is 14.7 Å². The van der Waals surface area contributed by atoms with Crippen molar-refractivity contribution in [2.45, 2.75) is 6.42 Å². The second-order valence-electron chi connectivity index (χ2n) is 7.25. The first-order valence-corrected chi connectivity index (χ1v) is 10.5. The van der Waals surface area contributed by atoms with E-state index in [-0.39, 0.29) is 11.4 Å². The Kier molecular flexibility index (Phi) is 6.47. The monoisotopic (exact) mass is 425 g/mol. The first-order chi connectivity index (χ1) is 14.6. The van der Waals surface area contributed by atoms with Crippen LogP contribution < -0.4 is 5.56 Å². The Labute approximate surface area is 180 Å². The van der Waals surface area contributed by atoms with Crippen LogP contribution in [0.15, 0.2) is 58.3 Å². The summed E-state index contributed by atoms with van der Waals surface area (Å²) in [6, 6.07) is 14.1. The molecule has 6 nitrogen and oxygen atoms in total. The standard InChI is InChI=1S/C23H24ClN3O3/c24-17-5-3-6-18(15-17)27-22(28)20-8-2-1-7-19(20)21(23(27)29)16-25-9-4-10-26-11-13-30-14-12-26/h1-3,5-8,15-16,29H,4,9-14H2. The summed E-state index contributed by atoms with van der Waals surface area (Å²) < 4.78 is 6.65. The Bertz CT molecular complexity index is 1120. The van der Waals surface area contributed by atoms with Gasteiger partial charge in [-0.05, 0) is 30.7 Å². The van der Waals surface area contributed by atoms with Crippen LogP contribution >= 0.6 is 11.6 Å². The SMILES string of the molecule is O=c1c2ccccc2c(C=NCCCN2CCOCC2)c(O)n1-c1cccc(Cl)c1. The minimum absolute atomic E-state index is 0.141. The number of ether oxygens (including phenoxy) is 1. The summed E-state index contributed by atoms with van der Waals surface area (Å²) in [6.07, 6.45) is 2.58. The van der Waals surface area contributed by atoms with Gasteiger partial charge in [0.2, 0.25) is 5.88 Å². The molecular weight excluding hydrogens is 402 g/mol. The van der Waals surface area contributed by atoms with E-state index in [4.69, 9.17) is 16.3 Å². The van der Waals surface area contributed by atoms with Gasteiger partial charge in [0.1, 0.15) is 0 Å². The maximum atomic E-state index is 13.1. The molecule has 0 spiro atoms. The van der Waals surface area contributed by atoms with Crippen molar-refractivity contribution in [3.63, 3.8) is 0 Å². The highest BCUT2D eigenvalue weighted by Crippen LogP contribution is 2.26. The number of aliphatic imine (C=N–C) groups is 1. The maximum absolute atomic E-state index is 13.1. The number of pyridine rings is 1. The van der Waals surface area contributed by atoms with Gasteiger partial charge in [0.25, 0.3) is 5.56 Å². The summed E-state index contributed by atoms with van der Waals surface area (Å²) in [7, 11) is 0. The molecule has 0 radical (unpaired) electrons. The summed E-state index contributed by atoms with van der Waals surface area (Å²) >= 11 is 6.10. The van der Waals surface area contributed by atoms with E-state index in [0.717, 1.165) is 39.3 Å². The zero-order valence-electron chi connectivity index (χ0n) is 16.6. The number of rotatable bonds is 6. The van der Waals surface area contributed by atoms with Gasteiger partial charge < -0.3 is 9.84 Å². The number of morpholine rings is 1. The van der Waals surface area contributed by atoms with Crippen LogP contribution in [0.2, 0.25) is 5.02 Å². The lowest BCUT2D eigenvalue weighted by atomic mass is 10.1. The molecule has 1 aromatic heterocycles. The molecule has 1 fully saturated rings. The first-order valence-electron chi connectivity index (χ1n) is 10.1. The van der Waals surface area contributed by atoms with Crippen LogP contribution in [0.4, 0.5) is 0 Å². The maximum Gasteiger partial charge on any atom is 0.265 e. The van der Waals surface area contributed by atoms with E-state index >= 15 is 0 Å². The highest BCUT2D eigenvalue weighted by Gasteiger charge is 2.16. The van der Waals surface area contributed by atoms with E-state index in [1.54, 1.807) is 36.5 Å². The fraction of sp³-hybridized carbons (Fsp3) is 0.304. The van der Waals surface area contributed by atoms with E-state index in [2.05, 4.69) is 9.89 Å². The quantitative estimate of drug-likeness (QED) is 0.485. The summed E-state index contributed by atoms with van der Waals surface area (Å²) in [5, 5.41) is 12.7. The number of fused-ring (bicyclic) bond motifs is 1. The van der Waals surface area contributed by atoms with Crippen molar-refractivity contribution in [1.29, 1.82) is 0 Å². The lowest BCUT2D eigenvalue weighted by molar-refractivity contribution is 0.0377. The summed E-state index contributed by atoms with van der Waals surface area (Å²) in [5.74, 6) is -0.141. The van der Waals surface area contributed by atoms with Crippen molar-refractivity contribution in [2.75, 3.05) is 39.4 Å². The number of aromatic hydroxyl groups is 1. The number of hydrogen-bond donors (Lipinski definition) is 1. The molecule has 1 aliphatic rings. The molecule has 2 aromatic carbocycles. The third kappa shape index (κ3) is 4.41. The Morgan fingerprint density at radius 2 is 1.87 bits per heavy atom. The minimum atomic E-state index is -0.296. The lowest BCUT2D eigenvalue weighted by Crippen LogP contribution is -2.37. The predicted octanol–water partition coefficient (Wildman–Crippen LogP) is 3.49.